The Morgan fingerprint density at radius 1 is 0.808 bits per heavy atom. The average molecular weight is 354 g/mol. The average Bonchev–Trinajstić information content (AvgIpc) is 2.64. The summed E-state index contributed by atoms with van der Waals surface area (Å²) in [6.07, 6.45) is -4.63. The Balaban J connectivity index is 1.82. The number of halogens is 3. The lowest BCUT2D eigenvalue weighted by Crippen LogP contribution is -2.12. The summed E-state index contributed by atoms with van der Waals surface area (Å²) in [6.45, 7) is 0.0259. The van der Waals surface area contributed by atoms with Gasteiger partial charge in [0, 0.05) is 10.8 Å². The fraction of sp³-hybridized carbons (Fsp3) is 0.100. The lowest BCUT2D eigenvalue weighted by atomic mass is 10.1. The minimum absolute atomic E-state index is 0.0259. The van der Waals surface area contributed by atoms with E-state index in [-0.39, 0.29) is 18.0 Å². The van der Waals surface area contributed by atoms with Crippen LogP contribution in [-0.4, -0.2) is 9.97 Å². The summed E-state index contributed by atoms with van der Waals surface area (Å²) in [5.74, 6) is -0.300. The normalized spacial score (nSPS) is 11.8. The van der Waals surface area contributed by atoms with Crippen LogP contribution in [0.5, 0.6) is 5.75 Å². The molecule has 130 valence electrons. The molecule has 0 bridgehead atoms. The van der Waals surface area contributed by atoms with Crippen molar-refractivity contribution in [1.29, 1.82) is 0 Å². The van der Waals surface area contributed by atoms with E-state index in [0.717, 1.165) is 10.9 Å². The van der Waals surface area contributed by atoms with E-state index in [1.54, 1.807) is 42.5 Å². The van der Waals surface area contributed by atoms with E-state index in [9.17, 15) is 13.2 Å². The Hall–Kier alpha value is -3.15. The Kier molecular flexibility index (Phi) is 3.95. The summed E-state index contributed by atoms with van der Waals surface area (Å²) in [7, 11) is 0. The van der Waals surface area contributed by atoms with Crippen LogP contribution in [0.1, 0.15) is 11.3 Å². The number of aromatic nitrogens is 2. The molecule has 0 unspecified atom stereocenters. The van der Waals surface area contributed by atoms with E-state index in [4.69, 9.17) is 4.74 Å². The number of alkyl halides is 3. The molecule has 26 heavy (non-hydrogen) atoms. The molecule has 0 N–H and O–H groups in total. The molecule has 0 spiro atoms. The number of benzene rings is 2. The number of para-hydroxylation sites is 1. The van der Waals surface area contributed by atoms with Crippen molar-refractivity contribution in [1.82, 2.24) is 9.97 Å². The maximum Gasteiger partial charge on any atom is 0.437 e. The maximum atomic E-state index is 13.4. The molecule has 2 heterocycles. The van der Waals surface area contributed by atoms with Crippen molar-refractivity contribution in [2.45, 2.75) is 12.8 Å². The lowest BCUT2D eigenvalue weighted by molar-refractivity contribution is -0.142. The van der Waals surface area contributed by atoms with Gasteiger partial charge in [0.05, 0.1) is 5.52 Å². The van der Waals surface area contributed by atoms with E-state index >= 15 is 0 Å². The number of fused-ring (bicyclic) bond motifs is 2. The van der Waals surface area contributed by atoms with E-state index < -0.39 is 11.9 Å². The van der Waals surface area contributed by atoms with Crippen LogP contribution in [0.3, 0.4) is 0 Å². The molecule has 6 heteroatoms. The molecule has 0 aliphatic rings. The molecule has 0 aliphatic carbocycles. The first kappa shape index (κ1) is 16.3. The van der Waals surface area contributed by atoms with Gasteiger partial charge >= 0.3 is 6.18 Å². The molecule has 4 rings (SSSR count). The molecule has 4 aromatic rings. The van der Waals surface area contributed by atoms with Crippen molar-refractivity contribution in [3.63, 3.8) is 0 Å². The van der Waals surface area contributed by atoms with Crippen molar-refractivity contribution in [2.24, 2.45) is 0 Å². The van der Waals surface area contributed by atoms with E-state index in [1.807, 2.05) is 18.2 Å². The summed E-state index contributed by atoms with van der Waals surface area (Å²) in [5.41, 5.74) is 0.350. The van der Waals surface area contributed by atoms with Gasteiger partial charge in [0.2, 0.25) is 0 Å². The Morgan fingerprint density at radius 2 is 1.54 bits per heavy atom. The SMILES string of the molecule is FC(F)(F)c1nc2nc3ccccc3cc2cc1OCc1ccccc1. The molecule has 0 fully saturated rings. The van der Waals surface area contributed by atoms with Crippen LogP contribution < -0.4 is 4.74 Å². The fourth-order valence-electron chi connectivity index (χ4n) is 2.74. The molecule has 2 aromatic heterocycles. The third-order valence-electron chi connectivity index (χ3n) is 3.98. The lowest BCUT2D eigenvalue weighted by Gasteiger charge is -2.14. The minimum Gasteiger partial charge on any atom is -0.487 e. The topological polar surface area (TPSA) is 35.0 Å². The van der Waals surface area contributed by atoms with Crippen molar-refractivity contribution in [3.8, 4) is 5.75 Å². The van der Waals surface area contributed by atoms with E-state index in [2.05, 4.69) is 9.97 Å². The predicted octanol–water partition coefficient (Wildman–Crippen LogP) is 5.38. The Bertz CT molecular complexity index is 1080. The van der Waals surface area contributed by atoms with Crippen LogP contribution in [-0.2, 0) is 12.8 Å². The molecule has 0 atom stereocenters. The molecule has 0 amide bonds. The predicted molar refractivity (Wildman–Crippen MR) is 92.8 cm³/mol. The first-order valence-corrected chi connectivity index (χ1v) is 7.95. The van der Waals surface area contributed by atoms with Crippen LogP contribution in [0.2, 0.25) is 0 Å². The molecule has 0 saturated heterocycles. The van der Waals surface area contributed by atoms with Gasteiger partial charge in [0.15, 0.2) is 17.1 Å². The van der Waals surface area contributed by atoms with Gasteiger partial charge in [-0.05, 0) is 23.8 Å². The van der Waals surface area contributed by atoms with Crippen molar-refractivity contribution >= 4 is 21.9 Å². The van der Waals surface area contributed by atoms with Gasteiger partial charge in [-0.25, -0.2) is 9.97 Å². The van der Waals surface area contributed by atoms with E-state index in [1.165, 1.54) is 6.07 Å². The van der Waals surface area contributed by atoms with Crippen LogP contribution in [0.15, 0.2) is 66.7 Å². The van der Waals surface area contributed by atoms with Crippen molar-refractivity contribution in [3.05, 3.63) is 78.0 Å². The largest absolute Gasteiger partial charge is 0.487 e. The van der Waals surface area contributed by atoms with Crippen LogP contribution in [0, 0.1) is 0 Å². The monoisotopic (exact) mass is 354 g/mol. The van der Waals surface area contributed by atoms with Crippen LogP contribution >= 0.6 is 0 Å². The second-order valence-electron chi connectivity index (χ2n) is 5.83. The number of hydrogen-bond acceptors (Lipinski definition) is 3. The van der Waals surface area contributed by atoms with Gasteiger partial charge in [-0.3, -0.25) is 0 Å². The third kappa shape index (κ3) is 3.18. The number of pyridine rings is 2. The minimum atomic E-state index is -4.63. The summed E-state index contributed by atoms with van der Waals surface area (Å²) >= 11 is 0. The summed E-state index contributed by atoms with van der Waals surface area (Å²) in [4.78, 5) is 7.99. The molecule has 3 nitrogen and oxygen atoms in total. The quantitative estimate of drug-likeness (QED) is 0.463. The first-order valence-electron chi connectivity index (χ1n) is 7.95. The van der Waals surface area contributed by atoms with Crippen LogP contribution in [0.25, 0.3) is 21.9 Å². The first-order chi connectivity index (χ1) is 12.5. The molecular formula is C20H13F3N2O. The second kappa shape index (κ2) is 6.29. The highest BCUT2D eigenvalue weighted by molar-refractivity contribution is 5.91. The highest BCUT2D eigenvalue weighted by atomic mass is 19.4. The zero-order valence-corrected chi connectivity index (χ0v) is 13.5. The third-order valence-corrected chi connectivity index (χ3v) is 3.98. The van der Waals surface area contributed by atoms with Gasteiger partial charge in [0.25, 0.3) is 0 Å². The number of hydrogen-bond donors (Lipinski definition) is 0. The number of rotatable bonds is 3. The molecular weight excluding hydrogens is 341 g/mol. The highest BCUT2D eigenvalue weighted by Gasteiger charge is 2.37. The maximum absolute atomic E-state index is 13.4. The van der Waals surface area contributed by atoms with Crippen LogP contribution in [0.4, 0.5) is 13.2 Å². The van der Waals surface area contributed by atoms with E-state index in [0.29, 0.717) is 10.9 Å². The van der Waals surface area contributed by atoms with Gasteiger partial charge in [-0.15, -0.1) is 0 Å². The van der Waals surface area contributed by atoms with Crippen molar-refractivity contribution < 1.29 is 17.9 Å². The molecule has 2 aromatic carbocycles. The molecule has 0 saturated carbocycles. The standard InChI is InChI=1S/C20H13F3N2O/c21-20(22,23)18-17(26-12-13-6-2-1-3-7-13)11-15-10-14-8-4-5-9-16(14)24-19(15)25-18/h1-11H,12H2. The summed E-state index contributed by atoms with van der Waals surface area (Å²) in [6, 6.07) is 19.4. The smallest absolute Gasteiger partial charge is 0.437 e. The summed E-state index contributed by atoms with van der Waals surface area (Å²) in [5, 5.41) is 1.33. The van der Waals surface area contributed by atoms with Gasteiger partial charge in [-0.2, -0.15) is 13.2 Å². The second-order valence-corrected chi connectivity index (χ2v) is 5.83. The number of ether oxygens (including phenoxy) is 1. The zero-order chi connectivity index (χ0) is 18.1. The van der Waals surface area contributed by atoms with Gasteiger partial charge in [-0.1, -0.05) is 48.5 Å². The Labute approximate surface area is 147 Å². The van der Waals surface area contributed by atoms with Gasteiger partial charge in [0.1, 0.15) is 6.61 Å². The zero-order valence-electron chi connectivity index (χ0n) is 13.5. The molecule has 0 aliphatic heterocycles. The van der Waals surface area contributed by atoms with Crippen molar-refractivity contribution in [2.75, 3.05) is 0 Å². The van der Waals surface area contributed by atoms with Gasteiger partial charge < -0.3 is 4.74 Å². The molecule has 0 radical (unpaired) electrons. The fourth-order valence-corrected chi connectivity index (χ4v) is 2.74. The number of nitrogens with zero attached hydrogens (tertiary/aromatic N) is 2. The highest BCUT2D eigenvalue weighted by Crippen LogP contribution is 2.37. The summed E-state index contributed by atoms with van der Waals surface area (Å²) < 4.78 is 45.8. The Morgan fingerprint density at radius 3 is 2.31 bits per heavy atom.